The number of hydrogen-bond acceptors (Lipinski definition) is 4. The van der Waals surface area contributed by atoms with Crippen LogP contribution in [-0.2, 0) is 0 Å². The Hall–Kier alpha value is -0.590. The number of ether oxygens (including phenoxy) is 1. The van der Waals surface area contributed by atoms with Gasteiger partial charge in [-0.2, -0.15) is 3.71 Å². The van der Waals surface area contributed by atoms with Gasteiger partial charge in [0.25, 0.3) is 0 Å². The summed E-state index contributed by atoms with van der Waals surface area (Å²) in [7, 11) is 0. The first-order chi connectivity index (χ1) is 6.50. The number of rotatable bonds is 1. The van der Waals surface area contributed by atoms with Crippen molar-refractivity contribution in [1.29, 1.82) is 0 Å². The molecule has 0 aliphatic heterocycles. The molecule has 0 atom stereocenters. The molecule has 1 rings (SSSR count). The largest absolute Gasteiger partial charge is 0.435 e. The van der Waals surface area contributed by atoms with Crippen LogP contribution in [0.25, 0.3) is 0 Å². The van der Waals surface area contributed by atoms with Crippen molar-refractivity contribution in [3.8, 4) is 5.75 Å². The Morgan fingerprint density at radius 2 is 2.14 bits per heavy atom. The molecule has 7 heteroatoms. The van der Waals surface area contributed by atoms with E-state index in [1.54, 1.807) is 0 Å². The van der Waals surface area contributed by atoms with E-state index in [0.717, 1.165) is 6.07 Å². The average Bonchev–Trinajstić information content (AvgIpc) is 2.09. The van der Waals surface area contributed by atoms with Crippen LogP contribution in [0.5, 0.6) is 5.75 Å². The summed E-state index contributed by atoms with van der Waals surface area (Å²) in [5.74, 6) is -0.957. The molecule has 0 saturated heterocycles. The summed E-state index contributed by atoms with van der Waals surface area (Å²) in [5.41, 5.74) is 0. The number of thiol groups is 2. The Morgan fingerprint density at radius 1 is 1.50 bits per heavy atom. The molecule has 0 heterocycles. The summed E-state index contributed by atoms with van der Waals surface area (Å²) in [6.45, 7) is 0. The maximum atomic E-state index is 13.0. The van der Waals surface area contributed by atoms with E-state index in [4.69, 9.17) is 11.6 Å². The fraction of sp³-hybridized carbons (Fsp3) is 0. The topological polar surface area (TPSA) is 29.5 Å². The van der Waals surface area contributed by atoms with Crippen molar-refractivity contribution in [3.63, 3.8) is 0 Å². The highest BCUT2D eigenvalue weighted by Crippen LogP contribution is 2.21. The quantitative estimate of drug-likeness (QED) is 0.754. The van der Waals surface area contributed by atoms with Gasteiger partial charge in [-0.05, 0) is 43.8 Å². The van der Waals surface area contributed by atoms with E-state index in [1.807, 2.05) is 0 Å². The van der Waals surface area contributed by atoms with E-state index in [1.165, 1.54) is 12.1 Å². The number of benzene rings is 1. The number of carbonyl (C=O) groups excluding carboxylic acids is 1. The van der Waals surface area contributed by atoms with E-state index in [-0.39, 0.29) is 10.8 Å². The van der Waals surface area contributed by atoms with Crippen molar-refractivity contribution >= 4 is 43.3 Å². The van der Waals surface area contributed by atoms with Crippen LogP contribution in [0, 0.1) is 5.82 Å². The minimum atomic E-state index is -0.905. The fourth-order valence-electron chi connectivity index (χ4n) is 0.693. The Kier molecular flexibility index (Phi) is 3.91. The van der Waals surface area contributed by atoms with Gasteiger partial charge in [-0.25, -0.2) is 9.18 Å². The van der Waals surface area contributed by atoms with Crippen molar-refractivity contribution < 1.29 is 13.9 Å². The number of halogens is 2. The van der Waals surface area contributed by atoms with Crippen molar-refractivity contribution in [2.24, 2.45) is 0 Å². The highest BCUT2D eigenvalue weighted by atomic mass is 35.5. The number of hydrogen-bond donors (Lipinski definition) is 2. The van der Waals surface area contributed by atoms with Gasteiger partial charge in [0.1, 0.15) is 0 Å². The molecule has 0 N–H and O–H groups in total. The SMILES string of the molecule is O=C(Oc1ccc(Cl)cc1F)N(S)S. The van der Waals surface area contributed by atoms with Crippen LogP contribution in [0.2, 0.25) is 5.02 Å². The average molecular weight is 254 g/mol. The van der Waals surface area contributed by atoms with Crippen molar-refractivity contribution in [2.45, 2.75) is 0 Å². The van der Waals surface area contributed by atoms with Gasteiger partial charge in [0, 0.05) is 5.02 Å². The third-order valence-electron chi connectivity index (χ3n) is 1.25. The predicted octanol–water partition coefficient (Wildman–Crippen LogP) is 2.97. The van der Waals surface area contributed by atoms with Gasteiger partial charge >= 0.3 is 6.09 Å². The molecule has 1 aromatic rings. The van der Waals surface area contributed by atoms with Crippen molar-refractivity contribution in [2.75, 3.05) is 0 Å². The second kappa shape index (κ2) is 4.77. The Labute approximate surface area is 95.9 Å². The second-order valence-electron chi connectivity index (χ2n) is 2.23. The maximum absolute atomic E-state index is 13.0. The minimum Gasteiger partial charge on any atom is -0.406 e. The Balaban J connectivity index is 2.82. The summed E-state index contributed by atoms with van der Waals surface area (Å²) in [5, 5.41) is 0.218. The first-order valence-electron chi connectivity index (χ1n) is 3.35. The molecule has 76 valence electrons. The molecule has 0 bridgehead atoms. The molecular formula is C7H5ClFNO2S2. The lowest BCUT2D eigenvalue weighted by Gasteiger charge is -2.08. The zero-order chi connectivity index (χ0) is 10.7. The highest BCUT2D eigenvalue weighted by molar-refractivity contribution is 7.94. The monoisotopic (exact) mass is 253 g/mol. The van der Waals surface area contributed by atoms with E-state index in [9.17, 15) is 9.18 Å². The molecule has 1 aromatic carbocycles. The summed E-state index contributed by atoms with van der Waals surface area (Å²) < 4.78 is 18.2. The molecule has 0 saturated carbocycles. The number of nitrogens with zero attached hydrogens (tertiary/aromatic N) is 1. The molecular weight excluding hydrogens is 249 g/mol. The van der Waals surface area contributed by atoms with E-state index in [0.29, 0.717) is 3.71 Å². The van der Waals surface area contributed by atoms with Crippen LogP contribution < -0.4 is 4.74 Å². The second-order valence-corrected chi connectivity index (χ2v) is 3.78. The molecule has 0 unspecified atom stereocenters. The molecule has 0 aliphatic rings. The molecule has 0 spiro atoms. The molecule has 0 aromatic heterocycles. The van der Waals surface area contributed by atoms with Crippen LogP contribution in [0.4, 0.5) is 9.18 Å². The zero-order valence-electron chi connectivity index (χ0n) is 6.65. The molecule has 0 aliphatic carbocycles. The van der Waals surface area contributed by atoms with Crippen LogP contribution in [0.1, 0.15) is 0 Å². The fourth-order valence-corrected chi connectivity index (χ4v) is 0.933. The first kappa shape index (κ1) is 11.5. The van der Waals surface area contributed by atoms with Crippen LogP contribution in [-0.4, -0.2) is 9.80 Å². The third-order valence-corrected chi connectivity index (χ3v) is 1.82. The van der Waals surface area contributed by atoms with Gasteiger partial charge < -0.3 is 4.74 Å². The van der Waals surface area contributed by atoms with Gasteiger partial charge in [-0.15, -0.1) is 0 Å². The lowest BCUT2D eigenvalue weighted by atomic mass is 10.3. The van der Waals surface area contributed by atoms with Crippen LogP contribution >= 0.6 is 37.2 Å². The van der Waals surface area contributed by atoms with E-state index >= 15 is 0 Å². The Morgan fingerprint density at radius 3 is 2.64 bits per heavy atom. The van der Waals surface area contributed by atoms with Gasteiger partial charge in [0.15, 0.2) is 11.6 Å². The van der Waals surface area contributed by atoms with Crippen LogP contribution in [0.3, 0.4) is 0 Å². The molecule has 3 nitrogen and oxygen atoms in total. The Bertz CT molecular complexity index is 362. The van der Waals surface area contributed by atoms with E-state index < -0.39 is 11.9 Å². The summed E-state index contributed by atoms with van der Waals surface area (Å²) >= 11 is 12.6. The minimum absolute atomic E-state index is 0.218. The maximum Gasteiger partial charge on any atom is 0.435 e. The summed E-state index contributed by atoms with van der Waals surface area (Å²) in [4.78, 5) is 10.9. The van der Waals surface area contributed by atoms with Gasteiger partial charge in [0.2, 0.25) is 0 Å². The predicted molar refractivity (Wildman–Crippen MR) is 57.2 cm³/mol. The highest BCUT2D eigenvalue weighted by Gasteiger charge is 2.12. The summed E-state index contributed by atoms with van der Waals surface area (Å²) in [6, 6.07) is 3.67. The molecule has 14 heavy (non-hydrogen) atoms. The van der Waals surface area contributed by atoms with Crippen LogP contribution in [0.15, 0.2) is 18.2 Å². The standard InChI is InChI=1S/C7H5ClFNO2S2/c8-4-1-2-6(5(9)3-4)12-7(11)10(13)14/h1-3,13-14H. The third kappa shape index (κ3) is 2.97. The van der Waals surface area contributed by atoms with E-state index in [2.05, 4.69) is 30.4 Å². The number of amides is 1. The first-order valence-corrected chi connectivity index (χ1v) is 4.53. The van der Waals surface area contributed by atoms with Gasteiger partial charge in [-0.3, -0.25) is 0 Å². The smallest absolute Gasteiger partial charge is 0.406 e. The normalized spacial score (nSPS) is 9.71. The number of carbonyl (C=O) groups is 1. The van der Waals surface area contributed by atoms with Crippen molar-refractivity contribution in [1.82, 2.24) is 3.71 Å². The lowest BCUT2D eigenvalue weighted by molar-refractivity contribution is 0.195. The zero-order valence-corrected chi connectivity index (χ0v) is 9.19. The molecule has 0 radical (unpaired) electrons. The lowest BCUT2D eigenvalue weighted by Crippen LogP contribution is -2.17. The van der Waals surface area contributed by atoms with Crippen molar-refractivity contribution in [3.05, 3.63) is 29.0 Å². The molecule has 0 fully saturated rings. The van der Waals surface area contributed by atoms with Gasteiger partial charge in [0.05, 0.1) is 0 Å². The molecule has 1 amide bonds. The summed E-state index contributed by atoms with van der Waals surface area (Å²) in [6.07, 6.45) is -0.905. The van der Waals surface area contributed by atoms with Gasteiger partial charge in [-0.1, -0.05) is 11.6 Å².